The quantitative estimate of drug-likeness (QED) is 0.583. The molecule has 1 aromatic heterocycles. The summed E-state index contributed by atoms with van der Waals surface area (Å²) in [6.07, 6.45) is 1.95. The van der Waals surface area contributed by atoms with Gasteiger partial charge in [-0.25, -0.2) is 17.9 Å². The number of hydrogen-bond donors (Lipinski definition) is 0. The fourth-order valence-corrected chi connectivity index (χ4v) is 3.74. The van der Waals surface area contributed by atoms with Gasteiger partial charge >= 0.3 is 5.97 Å². The number of ether oxygens (including phenoxy) is 1. The molecule has 1 aliphatic heterocycles. The van der Waals surface area contributed by atoms with E-state index >= 15 is 0 Å². The average Bonchev–Trinajstić information content (AvgIpc) is 2.89. The largest absolute Gasteiger partial charge is 0.457 e. The number of rotatable bonds is 4. The summed E-state index contributed by atoms with van der Waals surface area (Å²) in [5.74, 6) is -0.393. The molecule has 0 aliphatic carbocycles. The van der Waals surface area contributed by atoms with Gasteiger partial charge in [0.25, 0.3) is 0 Å². The Hall–Kier alpha value is -1.70. The monoisotopic (exact) mass is 285 g/mol. The molecule has 0 amide bonds. The van der Waals surface area contributed by atoms with Crippen molar-refractivity contribution in [1.29, 1.82) is 0 Å². The lowest BCUT2D eigenvalue weighted by Crippen LogP contribution is -2.15. The summed E-state index contributed by atoms with van der Waals surface area (Å²) in [7, 11) is -3.00. The van der Waals surface area contributed by atoms with Crippen molar-refractivity contribution in [2.75, 3.05) is 18.1 Å². The summed E-state index contributed by atoms with van der Waals surface area (Å²) in [5.41, 5.74) is 0.641. The van der Waals surface area contributed by atoms with Crippen LogP contribution in [-0.4, -0.2) is 47.5 Å². The molecule has 1 aromatic rings. The van der Waals surface area contributed by atoms with Crippen LogP contribution in [0.4, 0.5) is 0 Å². The standard InChI is InChI=1S/C11H15N3O4S/c1-3-5-18-11(15)10-8(2)14(13-12-10)9-4-6-19(16,17)7-9/h3,9H,1,4-7H2,2H3. The van der Waals surface area contributed by atoms with Crippen LogP contribution in [0.5, 0.6) is 0 Å². The SMILES string of the molecule is C=CCOC(=O)c1nnn(C2CCS(=O)(=O)C2)c1C. The highest BCUT2D eigenvalue weighted by atomic mass is 32.2. The van der Waals surface area contributed by atoms with E-state index in [2.05, 4.69) is 16.9 Å². The van der Waals surface area contributed by atoms with Gasteiger partial charge in [-0.2, -0.15) is 0 Å². The van der Waals surface area contributed by atoms with Crippen molar-refractivity contribution >= 4 is 15.8 Å². The Morgan fingerprint density at radius 1 is 1.63 bits per heavy atom. The molecule has 0 bridgehead atoms. The highest BCUT2D eigenvalue weighted by Gasteiger charge is 2.32. The zero-order valence-electron chi connectivity index (χ0n) is 10.6. The van der Waals surface area contributed by atoms with E-state index in [0.717, 1.165) is 0 Å². The van der Waals surface area contributed by atoms with Crippen molar-refractivity contribution in [2.45, 2.75) is 19.4 Å². The Morgan fingerprint density at radius 2 is 2.37 bits per heavy atom. The molecule has 1 fully saturated rings. The molecule has 2 rings (SSSR count). The molecule has 2 heterocycles. The second-order valence-corrected chi connectivity index (χ2v) is 6.64. The fraction of sp³-hybridized carbons (Fsp3) is 0.545. The summed E-state index contributed by atoms with van der Waals surface area (Å²) in [5, 5.41) is 7.64. The number of carbonyl (C=O) groups excluding carboxylic acids is 1. The number of hydrogen-bond acceptors (Lipinski definition) is 6. The van der Waals surface area contributed by atoms with Crippen LogP contribution >= 0.6 is 0 Å². The summed E-state index contributed by atoms with van der Waals surface area (Å²) in [4.78, 5) is 11.7. The van der Waals surface area contributed by atoms with Crippen molar-refractivity contribution in [3.8, 4) is 0 Å². The second-order valence-electron chi connectivity index (χ2n) is 4.41. The maximum absolute atomic E-state index is 11.7. The molecule has 0 aromatic carbocycles. The predicted molar refractivity (Wildman–Crippen MR) is 67.5 cm³/mol. The first-order chi connectivity index (χ1) is 8.94. The maximum Gasteiger partial charge on any atom is 0.361 e. The van der Waals surface area contributed by atoms with E-state index in [9.17, 15) is 13.2 Å². The third-order valence-electron chi connectivity index (χ3n) is 3.01. The predicted octanol–water partition coefficient (Wildman–Crippen LogP) is 0.289. The smallest absolute Gasteiger partial charge is 0.361 e. The minimum absolute atomic E-state index is 0.0400. The van der Waals surface area contributed by atoms with E-state index in [-0.39, 0.29) is 29.8 Å². The zero-order chi connectivity index (χ0) is 14.0. The average molecular weight is 285 g/mol. The molecule has 1 atom stereocenters. The highest BCUT2D eigenvalue weighted by Crippen LogP contribution is 2.24. The van der Waals surface area contributed by atoms with Crippen LogP contribution in [0.15, 0.2) is 12.7 Å². The van der Waals surface area contributed by atoms with Gasteiger partial charge in [0.05, 0.1) is 23.2 Å². The van der Waals surface area contributed by atoms with Crippen molar-refractivity contribution in [1.82, 2.24) is 15.0 Å². The van der Waals surface area contributed by atoms with Crippen LogP contribution in [0.3, 0.4) is 0 Å². The van der Waals surface area contributed by atoms with Gasteiger partial charge in [0.1, 0.15) is 6.61 Å². The summed E-state index contributed by atoms with van der Waals surface area (Å²) in [6, 6.07) is -0.251. The normalized spacial score (nSPS) is 21.2. The topological polar surface area (TPSA) is 91.2 Å². The first-order valence-electron chi connectivity index (χ1n) is 5.85. The summed E-state index contributed by atoms with van der Waals surface area (Å²) in [6.45, 7) is 5.22. The van der Waals surface area contributed by atoms with Crippen molar-refractivity contribution in [2.24, 2.45) is 0 Å². The lowest BCUT2D eigenvalue weighted by Gasteiger charge is -2.09. The van der Waals surface area contributed by atoms with Crippen LogP contribution in [0.1, 0.15) is 28.6 Å². The Morgan fingerprint density at radius 3 is 2.95 bits per heavy atom. The van der Waals surface area contributed by atoms with Gasteiger partial charge in [-0.05, 0) is 13.3 Å². The Labute approximate surface area is 111 Å². The molecule has 1 saturated heterocycles. The molecular formula is C11H15N3O4S. The number of carbonyl (C=O) groups is 1. The molecule has 7 nitrogen and oxygen atoms in total. The van der Waals surface area contributed by atoms with E-state index < -0.39 is 15.8 Å². The maximum atomic E-state index is 11.7. The van der Waals surface area contributed by atoms with Gasteiger partial charge in [0, 0.05) is 0 Å². The van der Waals surface area contributed by atoms with Crippen LogP contribution in [-0.2, 0) is 14.6 Å². The van der Waals surface area contributed by atoms with Crippen LogP contribution in [0.25, 0.3) is 0 Å². The molecule has 0 saturated carbocycles. The minimum atomic E-state index is -3.00. The first kappa shape index (κ1) is 13.7. The van der Waals surface area contributed by atoms with Crippen LogP contribution in [0.2, 0.25) is 0 Å². The van der Waals surface area contributed by atoms with Gasteiger partial charge < -0.3 is 4.74 Å². The molecule has 19 heavy (non-hydrogen) atoms. The lowest BCUT2D eigenvalue weighted by atomic mass is 10.2. The van der Waals surface area contributed by atoms with Gasteiger partial charge in [-0.1, -0.05) is 17.9 Å². The molecule has 0 radical (unpaired) electrons. The molecule has 104 valence electrons. The van der Waals surface area contributed by atoms with E-state index in [1.165, 1.54) is 10.8 Å². The van der Waals surface area contributed by atoms with E-state index in [1.54, 1.807) is 6.92 Å². The molecule has 1 unspecified atom stereocenters. The zero-order valence-corrected chi connectivity index (χ0v) is 11.4. The fourth-order valence-electron chi connectivity index (χ4n) is 2.05. The summed E-state index contributed by atoms with van der Waals surface area (Å²) < 4.78 is 29.3. The first-order valence-corrected chi connectivity index (χ1v) is 7.67. The Kier molecular flexibility index (Phi) is 3.70. The number of aromatic nitrogens is 3. The Bertz CT molecular complexity index is 605. The lowest BCUT2D eigenvalue weighted by molar-refractivity contribution is 0.0542. The van der Waals surface area contributed by atoms with Crippen molar-refractivity contribution < 1.29 is 17.9 Å². The highest BCUT2D eigenvalue weighted by molar-refractivity contribution is 7.91. The van der Waals surface area contributed by atoms with Gasteiger partial charge in [-0.15, -0.1) is 5.10 Å². The molecule has 1 aliphatic rings. The Balaban J connectivity index is 2.19. The molecule has 8 heteroatoms. The van der Waals surface area contributed by atoms with Crippen molar-refractivity contribution in [3.05, 3.63) is 24.0 Å². The van der Waals surface area contributed by atoms with E-state index in [0.29, 0.717) is 12.1 Å². The van der Waals surface area contributed by atoms with Crippen LogP contribution in [0, 0.1) is 6.92 Å². The van der Waals surface area contributed by atoms with Crippen LogP contribution < -0.4 is 0 Å². The van der Waals surface area contributed by atoms with Gasteiger partial charge in [0.2, 0.25) is 0 Å². The number of sulfone groups is 1. The van der Waals surface area contributed by atoms with Crippen molar-refractivity contribution in [3.63, 3.8) is 0 Å². The molecule has 0 N–H and O–H groups in total. The summed E-state index contributed by atoms with van der Waals surface area (Å²) >= 11 is 0. The van der Waals surface area contributed by atoms with Gasteiger partial charge in [0.15, 0.2) is 15.5 Å². The van der Waals surface area contributed by atoms with Gasteiger partial charge in [-0.3, -0.25) is 0 Å². The third kappa shape index (κ3) is 2.83. The third-order valence-corrected chi connectivity index (χ3v) is 4.76. The molecular weight excluding hydrogens is 270 g/mol. The second kappa shape index (κ2) is 5.12. The number of nitrogens with zero attached hydrogens (tertiary/aromatic N) is 3. The minimum Gasteiger partial charge on any atom is -0.457 e. The molecule has 0 spiro atoms. The van der Waals surface area contributed by atoms with E-state index in [4.69, 9.17) is 4.74 Å². The van der Waals surface area contributed by atoms with E-state index in [1.807, 2.05) is 0 Å². The number of esters is 1.